The summed E-state index contributed by atoms with van der Waals surface area (Å²) >= 11 is 0. The Hall–Kier alpha value is -0.860. The number of benzene rings is 1. The van der Waals surface area contributed by atoms with E-state index in [1.807, 2.05) is 7.05 Å². The molecule has 1 aliphatic rings. The lowest BCUT2D eigenvalue weighted by Crippen LogP contribution is -2.36. The second-order valence-corrected chi connectivity index (χ2v) is 6.72. The average molecular weight is 261 g/mol. The molecule has 1 N–H and O–H groups in total. The van der Waals surface area contributed by atoms with Gasteiger partial charge in [0.15, 0.2) is 0 Å². The maximum absolute atomic E-state index is 6.16. The van der Waals surface area contributed by atoms with Crippen molar-refractivity contribution in [3.63, 3.8) is 0 Å². The second kappa shape index (κ2) is 6.06. The number of fused-ring (bicyclic) bond motifs is 1. The summed E-state index contributed by atoms with van der Waals surface area (Å²) in [5, 5.41) is 3.43. The minimum atomic E-state index is 0.308. The van der Waals surface area contributed by atoms with Crippen LogP contribution >= 0.6 is 0 Å². The predicted octanol–water partition coefficient (Wildman–Crippen LogP) is 3.71. The van der Waals surface area contributed by atoms with Crippen molar-refractivity contribution in [2.45, 2.75) is 52.2 Å². The zero-order chi connectivity index (χ0) is 13.9. The number of likely N-dealkylation sites (N-methyl/N-ethyl adjacent to an activating group) is 1. The number of ether oxygens (including phenoxy) is 1. The molecule has 0 radical (unpaired) electrons. The Labute approximate surface area is 117 Å². The Balaban J connectivity index is 2.00. The first-order valence-electron chi connectivity index (χ1n) is 7.38. The predicted molar refractivity (Wildman–Crippen MR) is 80.4 cm³/mol. The maximum Gasteiger partial charge on any atom is 0.0772 e. The summed E-state index contributed by atoms with van der Waals surface area (Å²) in [4.78, 5) is 0. The highest BCUT2D eigenvalue weighted by atomic mass is 16.5. The van der Waals surface area contributed by atoms with Crippen LogP contribution in [-0.2, 0) is 11.2 Å². The summed E-state index contributed by atoms with van der Waals surface area (Å²) in [5.41, 5.74) is 3.23. The van der Waals surface area contributed by atoms with Crippen LogP contribution in [0, 0.1) is 5.41 Å². The van der Waals surface area contributed by atoms with Gasteiger partial charge in [-0.25, -0.2) is 0 Å². The van der Waals surface area contributed by atoms with Crippen LogP contribution in [0.25, 0.3) is 0 Å². The van der Waals surface area contributed by atoms with Gasteiger partial charge in [0.25, 0.3) is 0 Å². The summed E-state index contributed by atoms with van der Waals surface area (Å²) in [6.45, 7) is 7.65. The molecule has 0 spiro atoms. The molecule has 1 aliphatic carbocycles. The van der Waals surface area contributed by atoms with Gasteiger partial charge < -0.3 is 10.1 Å². The first-order valence-corrected chi connectivity index (χ1v) is 7.38. The summed E-state index contributed by atoms with van der Waals surface area (Å²) < 4.78 is 6.16. The lowest BCUT2D eigenvalue weighted by molar-refractivity contribution is 0.00581. The van der Waals surface area contributed by atoms with Crippen molar-refractivity contribution in [3.8, 4) is 0 Å². The first-order chi connectivity index (χ1) is 9.01. The molecule has 0 saturated heterocycles. The monoisotopic (exact) mass is 261 g/mol. The van der Waals surface area contributed by atoms with Crippen LogP contribution in [0.1, 0.15) is 50.8 Å². The first kappa shape index (κ1) is 14.5. The highest BCUT2D eigenvalue weighted by Crippen LogP contribution is 2.32. The highest BCUT2D eigenvalue weighted by molar-refractivity contribution is 5.33. The standard InChI is InChI=1S/C17H27NO/c1-17(2,3)11-12-19-15-10-9-13-7-5-6-8-14(13)16(15)18-4/h5-8,15-16,18H,9-12H2,1-4H3. The molecule has 2 atom stereocenters. The van der Waals surface area contributed by atoms with Crippen LogP contribution in [0.5, 0.6) is 0 Å². The van der Waals surface area contributed by atoms with Crippen LogP contribution in [-0.4, -0.2) is 19.8 Å². The Bertz CT molecular complexity index is 408. The van der Waals surface area contributed by atoms with Crippen molar-refractivity contribution in [2.75, 3.05) is 13.7 Å². The normalized spacial score (nSPS) is 23.2. The summed E-state index contributed by atoms with van der Waals surface area (Å²) in [6, 6.07) is 9.07. The quantitative estimate of drug-likeness (QED) is 0.892. The van der Waals surface area contributed by atoms with E-state index in [0.717, 1.165) is 25.9 Å². The van der Waals surface area contributed by atoms with Gasteiger partial charge in [-0.05, 0) is 42.9 Å². The van der Waals surface area contributed by atoms with Crippen molar-refractivity contribution >= 4 is 0 Å². The van der Waals surface area contributed by atoms with Gasteiger partial charge in [-0.1, -0.05) is 45.0 Å². The zero-order valence-corrected chi connectivity index (χ0v) is 12.7. The van der Waals surface area contributed by atoms with E-state index in [1.165, 1.54) is 11.1 Å². The molecule has 2 heteroatoms. The lowest BCUT2D eigenvalue weighted by atomic mass is 9.85. The van der Waals surface area contributed by atoms with Crippen molar-refractivity contribution in [2.24, 2.45) is 5.41 Å². The second-order valence-electron chi connectivity index (χ2n) is 6.72. The van der Waals surface area contributed by atoms with Crippen LogP contribution in [0.15, 0.2) is 24.3 Å². The molecule has 2 rings (SSSR count). The van der Waals surface area contributed by atoms with Gasteiger partial charge in [-0.15, -0.1) is 0 Å². The van der Waals surface area contributed by atoms with E-state index in [9.17, 15) is 0 Å². The van der Waals surface area contributed by atoms with Crippen LogP contribution in [0.3, 0.4) is 0 Å². The SMILES string of the molecule is CNC1c2ccccc2CCC1OCCC(C)(C)C. The Morgan fingerprint density at radius 2 is 2.00 bits per heavy atom. The van der Waals surface area contributed by atoms with E-state index in [1.54, 1.807) is 0 Å². The third-order valence-corrected chi connectivity index (χ3v) is 3.96. The van der Waals surface area contributed by atoms with E-state index < -0.39 is 0 Å². The molecule has 1 aromatic rings. The van der Waals surface area contributed by atoms with Gasteiger partial charge in [0.2, 0.25) is 0 Å². The Morgan fingerprint density at radius 1 is 1.26 bits per heavy atom. The summed E-state index contributed by atoms with van der Waals surface area (Å²) in [7, 11) is 2.03. The molecule has 106 valence electrons. The molecule has 19 heavy (non-hydrogen) atoms. The Kier molecular flexibility index (Phi) is 4.64. The zero-order valence-electron chi connectivity index (χ0n) is 12.7. The molecule has 0 aliphatic heterocycles. The van der Waals surface area contributed by atoms with E-state index in [2.05, 4.69) is 50.4 Å². The number of hydrogen-bond donors (Lipinski definition) is 1. The van der Waals surface area contributed by atoms with Crippen LogP contribution in [0.2, 0.25) is 0 Å². The highest BCUT2D eigenvalue weighted by Gasteiger charge is 2.28. The van der Waals surface area contributed by atoms with Crippen molar-refractivity contribution < 1.29 is 4.74 Å². The molecule has 0 fully saturated rings. The summed E-state index contributed by atoms with van der Waals surface area (Å²) in [5.74, 6) is 0. The Morgan fingerprint density at radius 3 is 2.68 bits per heavy atom. The van der Waals surface area contributed by atoms with Gasteiger partial charge in [-0.3, -0.25) is 0 Å². The number of aryl methyl sites for hydroxylation is 1. The smallest absolute Gasteiger partial charge is 0.0772 e. The van der Waals surface area contributed by atoms with Crippen LogP contribution < -0.4 is 5.32 Å². The lowest BCUT2D eigenvalue weighted by Gasteiger charge is -2.34. The third-order valence-electron chi connectivity index (χ3n) is 3.96. The topological polar surface area (TPSA) is 21.3 Å². The number of rotatable bonds is 4. The molecular formula is C17H27NO. The average Bonchev–Trinajstić information content (AvgIpc) is 2.37. The fourth-order valence-corrected chi connectivity index (χ4v) is 2.77. The molecular weight excluding hydrogens is 234 g/mol. The molecule has 2 nitrogen and oxygen atoms in total. The van der Waals surface area contributed by atoms with Gasteiger partial charge in [0.05, 0.1) is 12.1 Å². The van der Waals surface area contributed by atoms with Crippen LogP contribution in [0.4, 0.5) is 0 Å². The number of hydrogen-bond acceptors (Lipinski definition) is 2. The molecule has 0 bridgehead atoms. The molecule has 0 aromatic heterocycles. The minimum Gasteiger partial charge on any atom is -0.376 e. The van der Waals surface area contributed by atoms with Gasteiger partial charge in [0.1, 0.15) is 0 Å². The molecule has 2 unspecified atom stereocenters. The molecule has 0 heterocycles. The van der Waals surface area contributed by atoms with E-state index in [0.29, 0.717) is 17.6 Å². The van der Waals surface area contributed by atoms with Crippen molar-refractivity contribution in [1.29, 1.82) is 0 Å². The third kappa shape index (κ3) is 3.80. The van der Waals surface area contributed by atoms with E-state index >= 15 is 0 Å². The van der Waals surface area contributed by atoms with Gasteiger partial charge in [-0.2, -0.15) is 0 Å². The van der Waals surface area contributed by atoms with Crippen molar-refractivity contribution in [1.82, 2.24) is 5.32 Å². The van der Waals surface area contributed by atoms with Crippen molar-refractivity contribution in [3.05, 3.63) is 35.4 Å². The van der Waals surface area contributed by atoms with E-state index in [-0.39, 0.29) is 0 Å². The fraction of sp³-hybridized carbons (Fsp3) is 0.647. The molecule has 1 aromatic carbocycles. The van der Waals surface area contributed by atoms with E-state index in [4.69, 9.17) is 4.74 Å². The summed E-state index contributed by atoms with van der Waals surface area (Å²) in [6.07, 6.45) is 3.67. The maximum atomic E-state index is 6.16. The van der Waals surface area contributed by atoms with Gasteiger partial charge in [0, 0.05) is 6.61 Å². The fourth-order valence-electron chi connectivity index (χ4n) is 2.77. The molecule has 0 amide bonds. The minimum absolute atomic E-state index is 0.308. The number of nitrogens with one attached hydrogen (secondary N) is 1. The largest absolute Gasteiger partial charge is 0.376 e. The van der Waals surface area contributed by atoms with Gasteiger partial charge >= 0.3 is 0 Å². The molecule has 0 saturated carbocycles.